The Morgan fingerprint density at radius 1 is 1.26 bits per heavy atom. The average molecular weight is 284 g/mol. The van der Waals surface area contributed by atoms with Crippen molar-refractivity contribution in [2.45, 2.75) is 59.6 Å². The third-order valence-electron chi connectivity index (χ3n) is 3.00. The Bertz CT molecular complexity index is 363. The van der Waals surface area contributed by atoms with Crippen LogP contribution in [0.3, 0.4) is 0 Å². The minimum Gasteiger partial charge on any atom is -0.381 e. The molecule has 110 valence electrons. The highest BCUT2D eigenvalue weighted by Gasteiger charge is 2.14. The number of aromatic nitrogens is 1. The Labute approximate surface area is 121 Å². The minimum absolute atomic E-state index is 0.245. The van der Waals surface area contributed by atoms with Crippen molar-refractivity contribution in [3.05, 3.63) is 15.6 Å². The van der Waals surface area contributed by atoms with Gasteiger partial charge < -0.3 is 10.1 Å². The van der Waals surface area contributed by atoms with Crippen molar-refractivity contribution in [3.63, 3.8) is 0 Å². The number of methoxy groups -OCH3 is 1. The fraction of sp³-hybridized carbons (Fsp3) is 0.800. The molecule has 0 aliphatic rings. The first kappa shape index (κ1) is 16.6. The van der Waals surface area contributed by atoms with Crippen molar-refractivity contribution >= 4 is 11.3 Å². The van der Waals surface area contributed by atoms with Crippen LogP contribution in [0, 0.1) is 5.92 Å². The summed E-state index contributed by atoms with van der Waals surface area (Å²) in [6, 6.07) is 0. The van der Waals surface area contributed by atoms with Crippen molar-refractivity contribution in [1.29, 1.82) is 0 Å². The van der Waals surface area contributed by atoms with Crippen molar-refractivity contribution in [2.75, 3.05) is 13.7 Å². The molecule has 0 aliphatic carbocycles. The molecule has 0 saturated heterocycles. The summed E-state index contributed by atoms with van der Waals surface area (Å²) >= 11 is 1.84. The zero-order valence-electron chi connectivity index (χ0n) is 13.0. The van der Waals surface area contributed by atoms with Crippen LogP contribution in [0.2, 0.25) is 0 Å². The molecular formula is C15H28N2OS. The van der Waals surface area contributed by atoms with E-state index in [1.807, 2.05) is 11.3 Å². The second kappa shape index (κ2) is 8.67. The highest BCUT2D eigenvalue weighted by Crippen LogP contribution is 2.23. The van der Waals surface area contributed by atoms with Gasteiger partial charge in [-0.15, -0.1) is 11.3 Å². The number of nitrogens with zero attached hydrogens (tertiary/aromatic N) is 1. The van der Waals surface area contributed by atoms with Crippen LogP contribution in [-0.2, 0) is 24.1 Å². The summed E-state index contributed by atoms with van der Waals surface area (Å²) in [7, 11) is 1.76. The molecule has 0 bridgehead atoms. The topological polar surface area (TPSA) is 34.1 Å². The van der Waals surface area contributed by atoms with Crippen LogP contribution in [0.1, 0.15) is 49.7 Å². The van der Waals surface area contributed by atoms with E-state index in [4.69, 9.17) is 9.72 Å². The highest BCUT2D eigenvalue weighted by atomic mass is 32.1. The van der Waals surface area contributed by atoms with Crippen LogP contribution >= 0.6 is 11.3 Å². The molecule has 3 nitrogen and oxygen atoms in total. The smallest absolute Gasteiger partial charge is 0.0957 e. The molecule has 0 aromatic carbocycles. The third kappa shape index (κ3) is 6.02. The van der Waals surface area contributed by atoms with Crippen molar-refractivity contribution in [2.24, 2.45) is 5.92 Å². The summed E-state index contributed by atoms with van der Waals surface area (Å²) in [4.78, 5) is 6.22. The monoisotopic (exact) mass is 284 g/mol. The Morgan fingerprint density at radius 2 is 2.00 bits per heavy atom. The van der Waals surface area contributed by atoms with Crippen molar-refractivity contribution < 1.29 is 4.74 Å². The molecule has 0 aliphatic heterocycles. The Balaban J connectivity index is 2.73. The first-order chi connectivity index (χ1) is 9.06. The molecule has 0 radical (unpaired) electrons. The number of hydrogen-bond acceptors (Lipinski definition) is 4. The molecule has 1 heterocycles. The van der Waals surface area contributed by atoms with Gasteiger partial charge in [0.25, 0.3) is 0 Å². The molecule has 0 fully saturated rings. The molecule has 0 saturated carbocycles. The van der Waals surface area contributed by atoms with Crippen LogP contribution in [0.4, 0.5) is 0 Å². The molecule has 0 amide bonds. The maximum Gasteiger partial charge on any atom is 0.0957 e. The molecule has 4 heteroatoms. The minimum atomic E-state index is 0.245. The van der Waals surface area contributed by atoms with E-state index in [9.17, 15) is 0 Å². The van der Waals surface area contributed by atoms with Gasteiger partial charge in [-0.2, -0.15) is 0 Å². The number of ether oxygens (including phenoxy) is 1. The van der Waals surface area contributed by atoms with Gasteiger partial charge in [0.1, 0.15) is 0 Å². The van der Waals surface area contributed by atoms with E-state index in [0.717, 1.165) is 25.9 Å². The van der Waals surface area contributed by atoms with E-state index in [0.29, 0.717) is 5.92 Å². The molecule has 1 rings (SSSR count). The zero-order chi connectivity index (χ0) is 14.3. The van der Waals surface area contributed by atoms with Gasteiger partial charge >= 0.3 is 0 Å². The van der Waals surface area contributed by atoms with Gasteiger partial charge in [-0.3, -0.25) is 0 Å². The van der Waals surface area contributed by atoms with Crippen molar-refractivity contribution in [3.8, 4) is 0 Å². The predicted octanol–water partition coefficient (Wildman–Crippen LogP) is 3.42. The van der Waals surface area contributed by atoms with Gasteiger partial charge in [-0.05, 0) is 32.2 Å². The molecule has 1 N–H and O–H groups in total. The van der Waals surface area contributed by atoms with Crippen LogP contribution in [0.5, 0.6) is 0 Å². The summed E-state index contributed by atoms with van der Waals surface area (Å²) in [5.74, 6) is 0.653. The van der Waals surface area contributed by atoms with Gasteiger partial charge in [0.05, 0.1) is 16.8 Å². The van der Waals surface area contributed by atoms with Gasteiger partial charge in [0.2, 0.25) is 0 Å². The maximum absolute atomic E-state index is 5.33. The second-order valence-corrected chi connectivity index (χ2v) is 6.67. The number of hydrogen-bond donors (Lipinski definition) is 1. The fourth-order valence-electron chi connectivity index (χ4n) is 1.92. The molecule has 1 aromatic rings. The fourth-order valence-corrected chi connectivity index (χ4v) is 3.10. The first-order valence-corrected chi connectivity index (χ1v) is 8.09. The Hall–Kier alpha value is -0.450. The molecule has 19 heavy (non-hydrogen) atoms. The predicted molar refractivity (Wildman–Crippen MR) is 82.8 cm³/mol. The lowest BCUT2D eigenvalue weighted by atomic mass is 10.1. The van der Waals surface area contributed by atoms with Crippen LogP contribution in [-0.4, -0.2) is 24.7 Å². The highest BCUT2D eigenvalue weighted by molar-refractivity contribution is 7.11. The summed E-state index contributed by atoms with van der Waals surface area (Å²) in [6.45, 7) is 10.8. The van der Waals surface area contributed by atoms with E-state index >= 15 is 0 Å². The lowest BCUT2D eigenvalue weighted by molar-refractivity contribution is 0.118. The van der Waals surface area contributed by atoms with E-state index in [1.54, 1.807) is 7.11 Å². The van der Waals surface area contributed by atoms with E-state index in [1.165, 1.54) is 22.0 Å². The van der Waals surface area contributed by atoms with Gasteiger partial charge in [0, 0.05) is 25.0 Å². The molecule has 0 spiro atoms. The Kier molecular flexibility index (Phi) is 7.57. The SMILES string of the molecule is CCCNCc1sc(CC(C)OC)nc1CC(C)C. The lowest BCUT2D eigenvalue weighted by Gasteiger charge is -2.06. The maximum atomic E-state index is 5.33. The quantitative estimate of drug-likeness (QED) is 0.706. The average Bonchev–Trinajstić information content (AvgIpc) is 2.70. The lowest BCUT2D eigenvalue weighted by Crippen LogP contribution is -2.14. The summed E-state index contributed by atoms with van der Waals surface area (Å²) in [6.07, 6.45) is 3.40. The second-order valence-electron chi connectivity index (χ2n) is 5.50. The molecule has 1 unspecified atom stereocenters. The van der Waals surface area contributed by atoms with E-state index in [-0.39, 0.29) is 6.10 Å². The summed E-state index contributed by atoms with van der Waals surface area (Å²) in [5.41, 5.74) is 1.28. The van der Waals surface area contributed by atoms with Crippen molar-refractivity contribution in [1.82, 2.24) is 10.3 Å². The molecular weight excluding hydrogens is 256 g/mol. The van der Waals surface area contributed by atoms with E-state index in [2.05, 4.69) is 33.0 Å². The van der Waals surface area contributed by atoms with Gasteiger partial charge in [-0.1, -0.05) is 20.8 Å². The van der Waals surface area contributed by atoms with Crippen LogP contribution in [0.15, 0.2) is 0 Å². The number of thiazole rings is 1. The van der Waals surface area contributed by atoms with Gasteiger partial charge in [-0.25, -0.2) is 4.98 Å². The molecule has 1 aromatic heterocycles. The van der Waals surface area contributed by atoms with Gasteiger partial charge in [0.15, 0.2) is 0 Å². The van der Waals surface area contributed by atoms with Crippen LogP contribution < -0.4 is 5.32 Å². The third-order valence-corrected chi connectivity index (χ3v) is 4.12. The van der Waals surface area contributed by atoms with Crippen LogP contribution in [0.25, 0.3) is 0 Å². The first-order valence-electron chi connectivity index (χ1n) is 7.27. The number of nitrogens with one attached hydrogen (secondary N) is 1. The zero-order valence-corrected chi connectivity index (χ0v) is 13.8. The largest absolute Gasteiger partial charge is 0.381 e. The summed E-state index contributed by atoms with van der Waals surface area (Å²) in [5, 5.41) is 4.69. The normalized spacial score (nSPS) is 13.2. The molecule has 1 atom stereocenters. The van der Waals surface area contributed by atoms with E-state index < -0.39 is 0 Å². The standard InChI is InChI=1S/C15H28N2OS/c1-6-7-16-10-14-13(8-11(2)3)17-15(19-14)9-12(4)18-5/h11-12,16H,6-10H2,1-5H3. The number of rotatable bonds is 9. The Morgan fingerprint density at radius 3 is 2.58 bits per heavy atom. The summed E-state index contributed by atoms with van der Waals surface area (Å²) < 4.78 is 5.33.